The summed E-state index contributed by atoms with van der Waals surface area (Å²) in [7, 11) is 0. The van der Waals surface area contributed by atoms with Crippen LogP contribution in [0, 0.1) is 0 Å². The highest BCUT2D eigenvalue weighted by molar-refractivity contribution is 8.00. The van der Waals surface area contributed by atoms with E-state index in [-0.39, 0.29) is 30.6 Å². The third-order valence-corrected chi connectivity index (χ3v) is 5.18. The van der Waals surface area contributed by atoms with Crippen molar-refractivity contribution < 1.29 is 23.9 Å². The monoisotopic (exact) mass is 407 g/mol. The van der Waals surface area contributed by atoms with E-state index in [1.165, 1.54) is 36.0 Å². The molecule has 1 atom stereocenters. The van der Waals surface area contributed by atoms with Crippen LogP contribution in [0.2, 0.25) is 0 Å². The summed E-state index contributed by atoms with van der Waals surface area (Å²) in [5.74, 6) is 4.36. The molecule has 28 heavy (non-hydrogen) atoms. The van der Waals surface area contributed by atoms with Crippen LogP contribution in [0.25, 0.3) is 0 Å². The van der Waals surface area contributed by atoms with Gasteiger partial charge < -0.3 is 4.74 Å². The molecule has 0 bridgehead atoms. The molecule has 0 saturated carbocycles. The van der Waals surface area contributed by atoms with Gasteiger partial charge in [-0.2, -0.15) is 0 Å². The van der Waals surface area contributed by atoms with Gasteiger partial charge >= 0.3 is 5.97 Å². The van der Waals surface area contributed by atoms with Gasteiger partial charge in [-0.3, -0.25) is 24.6 Å². The Labute approximate surface area is 168 Å². The highest BCUT2D eigenvalue weighted by Crippen LogP contribution is 2.30. The van der Waals surface area contributed by atoms with Gasteiger partial charge in [-0.15, -0.1) is 11.8 Å². The van der Waals surface area contributed by atoms with Crippen LogP contribution in [0.1, 0.15) is 50.4 Å². The summed E-state index contributed by atoms with van der Waals surface area (Å²) < 4.78 is 5.24. The van der Waals surface area contributed by atoms with Crippen LogP contribution >= 0.6 is 11.8 Å². The molecule has 1 unspecified atom stereocenters. The molecule has 1 aromatic carbocycles. The number of hydrogen-bond donors (Lipinski definition) is 2. The molecule has 0 radical (unpaired) electrons. The van der Waals surface area contributed by atoms with Crippen molar-refractivity contribution in [1.82, 2.24) is 5.43 Å². The second-order valence-electron chi connectivity index (χ2n) is 7.34. The largest absolute Gasteiger partial charge is 0.460 e. The minimum atomic E-state index is -0.515. The number of nitrogens with one attached hydrogen (secondary N) is 1. The van der Waals surface area contributed by atoms with Crippen LogP contribution in [-0.2, 0) is 19.1 Å². The van der Waals surface area contributed by atoms with Gasteiger partial charge in [0.25, 0.3) is 5.91 Å². The van der Waals surface area contributed by atoms with Crippen molar-refractivity contribution in [2.45, 2.75) is 50.9 Å². The number of hydrogen-bond acceptors (Lipinski definition) is 7. The number of nitrogen functional groups attached to an aromatic ring is 1. The first-order valence-electron chi connectivity index (χ1n) is 8.93. The Morgan fingerprint density at radius 2 is 1.89 bits per heavy atom. The number of amides is 3. The number of hydrazine groups is 1. The maximum Gasteiger partial charge on any atom is 0.306 e. The number of thioether (sulfide) groups is 1. The Kier molecular flexibility index (Phi) is 7.20. The fourth-order valence-corrected chi connectivity index (χ4v) is 3.79. The molecular weight excluding hydrogens is 382 g/mol. The van der Waals surface area contributed by atoms with Crippen LogP contribution in [0.15, 0.2) is 24.3 Å². The minimum Gasteiger partial charge on any atom is -0.460 e. The van der Waals surface area contributed by atoms with E-state index < -0.39 is 16.8 Å². The molecule has 152 valence electrons. The summed E-state index contributed by atoms with van der Waals surface area (Å²) in [6, 6.07) is 6.07. The Morgan fingerprint density at radius 3 is 2.46 bits per heavy atom. The van der Waals surface area contributed by atoms with Crippen LogP contribution in [0.4, 0.5) is 5.69 Å². The highest BCUT2D eigenvalue weighted by Gasteiger charge is 2.39. The molecule has 1 fully saturated rings. The maximum atomic E-state index is 12.6. The van der Waals surface area contributed by atoms with Crippen molar-refractivity contribution in [2.75, 3.05) is 10.7 Å². The molecule has 3 amide bonds. The molecule has 0 spiro atoms. The number of rotatable bonds is 7. The molecular formula is C19H25N3O5S. The molecule has 1 aromatic rings. The van der Waals surface area contributed by atoms with E-state index >= 15 is 0 Å². The molecule has 1 heterocycles. The minimum absolute atomic E-state index is 0.112. The lowest BCUT2D eigenvalue weighted by Gasteiger charge is -2.19. The number of benzene rings is 1. The first-order valence-corrected chi connectivity index (χ1v) is 9.98. The third-order valence-electron chi connectivity index (χ3n) is 3.89. The van der Waals surface area contributed by atoms with E-state index in [4.69, 9.17) is 10.6 Å². The van der Waals surface area contributed by atoms with Crippen LogP contribution in [0.3, 0.4) is 0 Å². The average Bonchev–Trinajstić information content (AvgIpc) is 2.90. The van der Waals surface area contributed by atoms with E-state index in [9.17, 15) is 19.2 Å². The van der Waals surface area contributed by atoms with E-state index in [0.29, 0.717) is 23.4 Å². The lowest BCUT2D eigenvalue weighted by molar-refractivity contribution is -0.154. The van der Waals surface area contributed by atoms with Gasteiger partial charge in [0.15, 0.2) is 0 Å². The number of ether oxygens (including phenoxy) is 1. The topological polar surface area (TPSA) is 119 Å². The summed E-state index contributed by atoms with van der Waals surface area (Å²) >= 11 is 1.37. The zero-order valence-corrected chi connectivity index (χ0v) is 17.0. The van der Waals surface area contributed by atoms with Gasteiger partial charge in [0.2, 0.25) is 11.8 Å². The van der Waals surface area contributed by atoms with Crippen LogP contribution in [-0.4, -0.2) is 40.3 Å². The quantitative estimate of drug-likeness (QED) is 0.177. The van der Waals surface area contributed by atoms with Gasteiger partial charge in [0, 0.05) is 18.4 Å². The molecule has 3 N–H and O–H groups in total. The van der Waals surface area contributed by atoms with Crippen molar-refractivity contribution in [1.29, 1.82) is 0 Å². The summed E-state index contributed by atoms with van der Waals surface area (Å²) in [6.07, 6.45) is 0.953. The second kappa shape index (κ2) is 9.20. The Morgan fingerprint density at radius 1 is 1.25 bits per heavy atom. The standard InChI is InChI=1S/C19H25N3O5S/c1-19(2,3)27-16(24)5-4-10-28-14-11-15(23)22(18(14)26)13-8-6-12(7-9-13)17(25)21-20/h6-9,14H,4-5,10-11,20H2,1-3H3,(H,21,25). The van der Waals surface area contributed by atoms with E-state index in [2.05, 4.69) is 0 Å². The number of anilines is 1. The summed E-state index contributed by atoms with van der Waals surface area (Å²) in [5.41, 5.74) is 2.26. The van der Waals surface area contributed by atoms with Crippen LogP contribution in [0.5, 0.6) is 0 Å². The molecule has 8 nitrogen and oxygen atoms in total. The smallest absolute Gasteiger partial charge is 0.306 e. The fraction of sp³-hybridized carbons (Fsp3) is 0.474. The van der Waals surface area contributed by atoms with Crippen molar-refractivity contribution in [3.63, 3.8) is 0 Å². The number of carbonyl (C=O) groups excluding carboxylic acids is 4. The highest BCUT2D eigenvalue weighted by atomic mass is 32.2. The lowest BCUT2D eigenvalue weighted by Crippen LogP contribution is -2.32. The van der Waals surface area contributed by atoms with E-state index in [1.54, 1.807) is 0 Å². The third kappa shape index (κ3) is 5.80. The number of carbonyl (C=O) groups is 4. The zero-order chi connectivity index (χ0) is 20.9. The molecule has 0 aliphatic carbocycles. The summed E-state index contributed by atoms with van der Waals surface area (Å²) in [6.45, 7) is 5.43. The average molecular weight is 407 g/mol. The summed E-state index contributed by atoms with van der Waals surface area (Å²) in [4.78, 5) is 49.2. The molecule has 9 heteroatoms. The predicted octanol–water partition coefficient (Wildman–Crippen LogP) is 1.78. The van der Waals surface area contributed by atoms with Crippen molar-refractivity contribution in [3.8, 4) is 0 Å². The first kappa shape index (κ1) is 21.9. The van der Waals surface area contributed by atoms with Gasteiger partial charge in [-0.05, 0) is 57.2 Å². The zero-order valence-electron chi connectivity index (χ0n) is 16.2. The Bertz CT molecular complexity index is 758. The molecule has 1 aliphatic rings. The molecule has 1 saturated heterocycles. The van der Waals surface area contributed by atoms with Gasteiger partial charge in [0.1, 0.15) is 5.60 Å². The first-order chi connectivity index (χ1) is 13.1. The van der Waals surface area contributed by atoms with Crippen LogP contribution < -0.4 is 16.2 Å². The Hall–Kier alpha value is -2.39. The number of imide groups is 1. The molecule has 0 aromatic heterocycles. The predicted molar refractivity (Wildman–Crippen MR) is 107 cm³/mol. The van der Waals surface area contributed by atoms with Crippen molar-refractivity contribution >= 4 is 41.1 Å². The number of nitrogens with zero attached hydrogens (tertiary/aromatic N) is 1. The van der Waals surface area contributed by atoms with Crippen molar-refractivity contribution in [2.24, 2.45) is 5.84 Å². The number of esters is 1. The lowest BCUT2D eigenvalue weighted by atomic mass is 10.2. The summed E-state index contributed by atoms with van der Waals surface area (Å²) in [5, 5.41) is -0.474. The number of nitrogens with two attached hydrogens (primary N) is 1. The Balaban J connectivity index is 1.88. The van der Waals surface area contributed by atoms with Crippen molar-refractivity contribution in [3.05, 3.63) is 29.8 Å². The van der Waals surface area contributed by atoms with E-state index in [1.807, 2.05) is 26.2 Å². The fourth-order valence-electron chi connectivity index (χ4n) is 2.69. The normalized spacial score (nSPS) is 17.0. The van der Waals surface area contributed by atoms with Gasteiger partial charge in [-0.1, -0.05) is 0 Å². The van der Waals surface area contributed by atoms with Gasteiger partial charge in [0.05, 0.1) is 10.9 Å². The van der Waals surface area contributed by atoms with Gasteiger partial charge in [-0.25, -0.2) is 10.7 Å². The maximum absolute atomic E-state index is 12.6. The molecule has 1 aliphatic heterocycles. The molecule has 2 rings (SSSR count). The SMILES string of the molecule is CC(C)(C)OC(=O)CCCSC1CC(=O)N(c2ccc(C(=O)NN)cc2)C1=O. The van der Waals surface area contributed by atoms with E-state index in [0.717, 1.165) is 4.90 Å². The second-order valence-corrected chi connectivity index (χ2v) is 8.65.